The van der Waals surface area contributed by atoms with Gasteiger partial charge < -0.3 is 10.2 Å². The zero-order chi connectivity index (χ0) is 19.7. The van der Waals surface area contributed by atoms with Crippen LogP contribution in [0.25, 0.3) is 10.8 Å². The Kier molecular flexibility index (Phi) is 4.58. The monoisotopic (exact) mass is 377 g/mol. The molecule has 3 aromatic rings. The summed E-state index contributed by atoms with van der Waals surface area (Å²) >= 11 is 0. The van der Waals surface area contributed by atoms with Crippen molar-refractivity contribution in [3.63, 3.8) is 0 Å². The van der Waals surface area contributed by atoms with E-state index in [-0.39, 0.29) is 18.0 Å². The third-order valence-corrected chi connectivity index (χ3v) is 5.18. The quantitative estimate of drug-likeness (QED) is 0.714. The van der Waals surface area contributed by atoms with E-state index in [1.165, 1.54) is 23.6 Å². The van der Waals surface area contributed by atoms with E-state index in [1.54, 1.807) is 18.5 Å². The Morgan fingerprint density at radius 3 is 2.82 bits per heavy atom. The Morgan fingerprint density at radius 1 is 1.21 bits per heavy atom. The van der Waals surface area contributed by atoms with Crippen LogP contribution in [0.4, 0.5) is 11.5 Å². The van der Waals surface area contributed by atoms with Crippen molar-refractivity contribution < 1.29 is 4.79 Å². The Bertz CT molecular complexity index is 1090. The van der Waals surface area contributed by atoms with Crippen molar-refractivity contribution in [3.05, 3.63) is 59.1 Å². The zero-order valence-corrected chi connectivity index (χ0v) is 16.1. The van der Waals surface area contributed by atoms with E-state index in [9.17, 15) is 9.59 Å². The predicted molar refractivity (Wildman–Crippen MR) is 109 cm³/mol. The maximum absolute atomic E-state index is 12.5. The van der Waals surface area contributed by atoms with Gasteiger partial charge in [-0.15, -0.1) is 0 Å². The Morgan fingerprint density at radius 2 is 2.04 bits per heavy atom. The van der Waals surface area contributed by atoms with Gasteiger partial charge >= 0.3 is 0 Å². The first-order chi connectivity index (χ1) is 13.4. The second kappa shape index (κ2) is 7.07. The minimum atomic E-state index is -0.297. The SMILES string of the molecule is CN(CC1(C)CC1)c1ccc(=O)n(CC(=O)Nc2ccc3cnccc3c2)n1. The molecule has 0 saturated heterocycles. The van der Waals surface area contributed by atoms with Crippen molar-refractivity contribution in [2.24, 2.45) is 5.41 Å². The molecule has 0 unspecified atom stereocenters. The van der Waals surface area contributed by atoms with Crippen molar-refractivity contribution in [2.45, 2.75) is 26.3 Å². The summed E-state index contributed by atoms with van der Waals surface area (Å²) in [4.78, 5) is 30.7. The third kappa shape index (κ3) is 4.03. The van der Waals surface area contributed by atoms with Crippen LogP contribution >= 0.6 is 0 Å². The number of pyridine rings is 1. The standard InChI is InChI=1S/C21H23N5O2/c1-21(8-9-21)14-25(2)18-5-6-20(28)26(24-18)13-19(27)23-17-4-3-16-12-22-10-7-15(16)11-17/h3-7,10-12H,8-9,13-14H2,1-2H3,(H,23,27). The number of carbonyl (C=O) groups excluding carboxylic acids is 1. The molecule has 1 fully saturated rings. The average molecular weight is 377 g/mol. The molecular formula is C21H23N5O2. The Balaban J connectivity index is 1.47. The lowest BCUT2D eigenvalue weighted by molar-refractivity contribution is -0.117. The van der Waals surface area contributed by atoms with Crippen molar-refractivity contribution >= 4 is 28.2 Å². The van der Waals surface area contributed by atoms with E-state index >= 15 is 0 Å². The number of rotatable bonds is 6. The second-order valence-electron chi connectivity index (χ2n) is 7.84. The largest absolute Gasteiger partial charge is 0.358 e. The first-order valence-electron chi connectivity index (χ1n) is 9.35. The lowest BCUT2D eigenvalue weighted by Crippen LogP contribution is -2.32. The summed E-state index contributed by atoms with van der Waals surface area (Å²) < 4.78 is 1.21. The molecule has 144 valence electrons. The summed E-state index contributed by atoms with van der Waals surface area (Å²) in [6, 6.07) is 10.7. The predicted octanol–water partition coefficient (Wildman–Crippen LogP) is 2.67. The second-order valence-corrected chi connectivity index (χ2v) is 7.84. The number of amides is 1. The van der Waals surface area contributed by atoms with E-state index in [1.807, 2.05) is 36.2 Å². The molecule has 0 atom stereocenters. The molecule has 1 saturated carbocycles. The molecule has 0 radical (unpaired) electrons. The van der Waals surface area contributed by atoms with Crippen LogP contribution in [0, 0.1) is 5.41 Å². The van der Waals surface area contributed by atoms with E-state index in [0.717, 1.165) is 17.3 Å². The molecule has 1 aliphatic carbocycles. The number of benzene rings is 1. The van der Waals surface area contributed by atoms with Gasteiger partial charge in [0.1, 0.15) is 12.4 Å². The topological polar surface area (TPSA) is 80.1 Å². The molecular weight excluding hydrogens is 354 g/mol. The summed E-state index contributed by atoms with van der Waals surface area (Å²) in [5.74, 6) is 0.399. The van der Waals surface area contributed by atoms with Crippen LogP contribution < -0.4 is 15.8 Å². The van der Waals surface area contributed by atoms with Gasteiger partial charge in [0.15, 0.2) is 0 Å². The van der Waals surface area contributed by atoms with E-state index in [2.05, 4.69) is 22.3 Å². The molecule has 1 amide bonds. The minimum Gasteiger partial charge on any atom is -0.358 e. The van der Waals surface area contributed by atoms with Gasteiger partial charge in [0.05, 0.1) is 0 Å². The molecule has 28 heavy (non-hydrogen) atoms. The Labute approximate surface area is 163 Å². The normalized spacial score (nSPS) is 14.6. The van der Waals surface area contributed by atoms with Crippen LogP contribution in [0.5, 0.6) is 0 Å². The first kappa shape index (κ1) is 18.2. The van der Waals surface area contributed by atoms with Gasteiger partial charge in [0.2, 0.25) is 5.91 Å². The highest BCUT2D eigenvalue weighted by Gasteiger charge is 2.38. The summed E-state index contributed by atoms with van der Waals surface area (Å²) in [5.41, 5.74) is 0.710. The molecule has 0 aliphatic heterocycles. The molecule has 1 aliphatic rings. The van der Waals surface area contributed by atoms with Gasteiger partial charge in [-0.3, -0.25) is 14.6 Å². The van der Waals surface area contributed by atoms with Gasteiger partial charge in [-0.25, -0.2) is 4.68 Å². The highest BCUT2D eigenvalue weighted by atomic mass is 16.2. The number of hydrogen-bond acceptors (Lipinski definition) is 5. The third-order valence-electron chi connectivity index (χ3n) is 5.18. The summed E-state index contributed by atoms with van der Waals surface area (Å²) in [6.07, 6.45) is 5.90. The molecule has 7 nitrogen and oxygen atoms in total. The number of aromatic nitrogens is 3. The smallest absolute Gasteiger partial charge is 0.267 e. The molecule has 1 N–H and O–H groups in total. The van der Waals surface area contributed by atoms with Gasteiger partial charge in [-0.1, -0.05) is 13.0 Å². The van der Waals surface area contributed by atoms with Crippen molar-refractivity contribution in [1.29, 1.82) is 0 Å². The van der Waals surface area contributed by atoms with Crippen LogP contribution in [-0.2, 0) is 11.3 Å². The number of hydrogen-bond donors (Lipinski definition) is 1. The number of fused-ring (bicyclic) bond motifs is 1. The van der Waals surface area contributed by atoms with Crippen LogP contribution in [0.1, 0.15) is 19.8 Å². The molecule has 1 aromatic carbocycles. The number of nitrogens with one attached hydrogen (secondary N) is 1. The van der Waals surface area contributed by atoms with Crippen LogP contribution in [-0.4, -0.2) is 34.3 Å². The molecule has 4 rings (SSSR count). The van der Waals surface area contributed by atoms with Gasteiger partial charge in [-0.05, 0) is 47.9 Å². The minimum absolute atomic E-state index is 0.133. The van der Waals surface area contributed by atoms with Crippen molar-refractivity contribution in [1.82, 2.24) is 14.8 Å². The first-order valence-corrected chi connectivity index (χ1v) is 9.35. The lowest BCUT2D eigenvalue weighted by Gasteiger charge is -2.22. The number of anilines is 2. The zero-order valence-electron chi connectivity index (χ0n) is 16.1. The van der Waals surface area contributed by atoms with E-state index < -0.39 is 0 Å². The molecule has 0 bridgehead atoms. The van der Waals surface area contributed by atoms with Crippen molar-refractivity contribution in [3.8, 4) is 0 Å². The van der Waals surface area contributed by atoms with Gasteiger partial charge in [0, 0.05) is 43.1 Å². The maximum atomic E-state index is 12.5. The summed E-state index contributed by atoms with van der Waals surface area (Å²) in [6.45, 7) is 3.00. The Hall–Kier alpha value is -3.22. The maximum Gasteiger partial charge on any atom is 0.267 e. The van der Waals surface area contributed by atoms with Gasteiger partial charge in [0.25, 0.3) is 5.56 Å². The average Bonchev–Trinajstić information content (AvgIpc) is 3.40. The van der Waals surface area contributed by atoms with Crippen LogP contribution in [0.2, 0.25) is 0 Å². The fraction of sp³-hybridized carbons (Fsp3) is 0.333. The summed E-state index contributed by atoms with van der Waals surface area (Å²) in [5, 5.41) is 9.20. The lowest BCUT2D eigenvalue weighted by atomic mass is 10.1. The fourth-order valence-electron chi connectivity index (χ4n) is 3.28. The number of nitrogens with zero attached hydrogens (tertiary/aromatic N) is 4. The van der Waals surface area contributed by atoms with Crippen LogP contribution in [0.3, 0.4) is 0 Å². The molecule has 0 spiro atoms. The molecule has 2 heterocycles. The highest BCUT2D eigenvalue weighted by Crippen LogP contribution is 2.45. The highest BCUT2D eigenvalue weighted by molar-refractivity contribution is 5.94. The van der Waals surface area contributed by atoms with E-state index in [4.69, 9.17) is 0 Å². The summed E-state index contributed by atoms with van der Waals surface area (Å²) in [7, 11) is 1.96. The molecule has 2 aromatic heterocycles. The van der Waals surface area contributed by atoms with Crippen LogP contribution in [0.15, 0.2) is 53.6 Å². The molecule has 7 heteroatoms. The van der Waals surface area contributed by atoms with Crippen molar-refractivity contribution in [2.75, 3.05) is 23.8 Å². The van der Waals surface area contributed by atoms with Gasteiger partial charge in [-0.2, -0.15) is 5.10 Å². The fourth-order valence-corrected chi connectivity index (χ4v) is 3.28. The number of carbonyl (C=O) groups is 1. The van der Waals surface area contributed by atoms with E-state index in [0.29, 0.717) is 16.9 Å².